The third-order valence-corrected chi connectivity index (χ3v) is 5.90. The summed E-state index contributed by atoms with van der Waals surface area (Å²) in [4.78, 5) is 41.4. The van der Waals surface area contributed by atoms with Crippen molar-refractivity contribution >= 4 is 18.3 Å². The van der Waals surface area contributed by atoms with Crippen LogP contribution in [0.3, 0.4) is 0 Å². The molecule has 0 radical (unpaired) electrons. The fourth-order valence-electron chi connectivity index (χ4n) is 4.24. The maximum absolute atomic E-state index is 13.1. The first-order valence-corrected chi connectivity index (χ1v) is 9.89. The van der Waals surface area contributed by atoms with E-state index in [1.54, 1.807) is 12.3 Å². The van der Waals surface area contributed by atoms with Crippen LogP contribution in [0.2, 0.25) is 0 Å². The van der Waals surface area contributed by atoms with Gasteiger partial charge in [0.2, 0.25) is 5.91 Å². The Morgan fingerprint density at radius 2 is 1.80 bits per heavy atom. The lowest BCUT2D eigenvalue weighted by molar-refractivity contribution is -0.122. The summed E-state index contributed by atoms with van der Waals surface area (Å²) in [7, 11) is 2.18. The minimum absolute atomic E-state index is 0.0665. The van der Waals surface area contributed by atoms with Crippen molar-refractivity contribution in [3.05, 3.63) is 53.9 Å². The molecule has 2 aromatic rings. The SMILES string of the molecule is CN1[C@H]2CC[C@@H]1CN(C(=O)c1cccc(-c3cncc(C(N)=O)c3)c1)CC2.O=CO. The highest BCUT2D eigenvalue weighted by molar-refractivity contribution is 5.96. The summed E-state index contributed by atoms with van der Waals surface area (Å²) in [6.45, 7) is 1.34. The lowest BCUT2D eigenvalue weighted by Crippen LogP contribution is -2.39. The van der Waals surface area contributed by atoms with Crippen LogP contribution in [0.5, 0.6) is 0 Å². The second-order valence-corrected chi connectivity index (χ2v) is 7.60. The van der Waals surface area contributed by atoms with Crippen LogP contribution in [0.15, 0.2) is 42.7 Å². The minimum atomic E-state index is -0.514. The van der Waals surface area contributed by atoms with Crippen molar-refractivity contribution < 1.29 is 19.5 Å². The highest BCUT2D eigenvalue weighted by Gasteiger charge is 2.36. The highest BCUT2D eigenvalue weighted by Crippen LogP contribution is 2.29. The number of carbonyl (C=O) groups is 3. The number of pyridine rings is 1. The van der Waals surface area contributed by atoms with Gasteiger partial charge in [-0.1, -0.05) is 12.1 Å². The standard InChI is InChI=1S/C21H24N4O2.CH2O2/c1-24-18-5-6-19(24)13-25(8-7-18)21(27)15-4-2-3-14(9-15)16-10-17(20(22)26)12-23-11-16;2-1-3/h2-4,9-12,18-19H,5-8,13H2,1H3,(H2,22,26);1H,(H,2,3)/t18-,19+;/m0./s1. The van der Waals surface area contributed by atoms with Crippen LogP contribution >= 0.6 is 0 Å². The number of likely N-dealkylation sites (tertiary alicyclic amines) is 1. The Kier molecular flexibility index (Phi) is 6.79. The van der Waals surface area contributed by atoms with Crippen molar-refractivity contribution in [2.24, 2.45) is 5.73 Å². The number of fused-ring (bicyclic) bond motifs is 2. The Morgan fingerprint density at radius 1 is 1.10 bits per heavy atom. The van der Waals surface area contributed by atoms with Crippen LogP contribution in [0, 0.1) is 0 Å². The van der Waals surface area contributed by atoms with Gasteiger partial charge < -0.3 is 15.7 Å². The van der Waals surface area contributed by atoms with Crippen LogP contribution in [0.4, 0.5) is 0 Å². The third-order valence-electron chi connectivity index (χ3n) is 5.90. The zero-order valence-electron chi connectivity index (χ0n) is 16.9. The fraction of sp³-hybridized carbons (Fsp3) is 0.364. The molecule has 3 heterocycles. The highest BCUT2D eigenvalue weighted by atomic mass is 16.3. The van der Waals surface area contributed by atoms with Crippen LogP contribution < -0.4 is 5.73 Å². The molecule has 2 amide bonds. The molecule has 158 valence electrons. The molecular weight excluding hydrogens is 384 g/mol. The van der Waals surface area contributed by atoms with Crippen LogP contribution in [0.1, 0.15) is 40.0 Å². The molecule has 8 nitrogen and oxygen atoms in total. The first kappa shape index (κ1) is 21.4. The van der Waals surface area contributed by atoms with E-state index in [1.807, 2.05) is 29.2 Å². The summed E-state index contributed by atoms with van der Waals surface area (Å²) in [5.74, 6) is -0.447. The van der Waals surface area contributed by atoms with E-state index in [0.717, 1.165) is 37.1 Å². The molecule has 2 atom stereocenters. The molecule has 3 N–H and O–H groups in total. The van der Waals surface area contributed by atoms with Gasteiger partial charge in [-0.25, -0.2) is 0 Å². The van der Waals surface area contributed by atoms with Gasteiger partial charge in [-0.05, 0) is 50.1 Å². The lowest BCUT2D eigenvalue weighted by atomic mass is 10.0. The maximum atomic E-state index is 13.1. The molecule has 4 rings (SSSR count). The van der Waals surface area contributed by atoms with Gasteiger partial charge in [-0.15, -0.1) is 0 Å². The van der Waals surface area contributed by atoms with Gasteiger partial charge in [0.15, 0.2) is 0 Å². The summed E-state index contributed by atoms with van der Waals surface area (Å²) < 4.78 is 0. The molecule has 1 aromatic carbocycles. The summed E-state index contributed by atoms with van der Waals surface area (Å²) in [5, 5.41) is 6.89. The van der Waals surface area contributed by atoms with E-state index in [-0.39, 0.29) is 12.4 Å². The number of aromatic nitrogens is 1. The number of nitrogens with zero attached hydrogens (tertiary/aromatic N) is 3. The van der Waals surface area contributed by atoms with E-state index >= 15 is 0 Å². The molecular formula is C22H26N4O4. The van der Waals surface area contributed by atoms with Crippen LogP contribution in [-0.2, 0) is 4.79 Å². The Bertz CT molecular complexity index is 933. The molecule has 2 aliphatic rings. The first-order chi connectivity index (χ1) is 14.4. The zero-order valence-corrected chi connectivity index (χ0v) is 16.9. The topological polar surface area (TPSA) is 117 Å². The molecule has 30 heavy (non-hydrogen) atoms. The number of hydrogen-bond acceptors (Lipinski definition) is 5. The smallest absolute Gasteiger partial charge is 0.290 e. The quantitative estimate of drug-likeness (QED) is 0.746. The molecule has 2 aliphatic heterocycles. The summed E-state index contributed by atoms with van der Waals surface area (Å²) in [6.07, 6.45) is 6.56. The third kappa shape index (κ3) is 4.65. The van der Waals surface area contributed by atoms with E-state index in [4.69, 9.17) is 15.6 Å². The monoisotopic (exact) mass is 410 g/mol. The van der Waals surface area contributed by atoms with Crippen molar-refractivity contribution in [3.8, 4) is 11.1 Å². The van der Waals surface area contributed by atoms with Crippen LogP contribution in [0.25, 0.3) is 11.1 Å². The maximum Gasteiger partial charge on any atom is 0.290 e. The summed E-state index contributed by atoms with van der Waals surface area (Å²) >= 11 is 0. The second-order valence-electron chi connectivity index (χ2n) is 7.60. The number of primary amides is 1. The molecule has 2 saturated heterocycles. The van der Waals surface area contributed by atoms with Crippen molar-refractivity contribution in [2.75, 3.05) is 20.1 Å². The molecule has 1 aromatic heterocycles. The number of carboxylic acid groups (broad SMARTS) is 1. The first-order valence-electron chi connectivity index (χ1n) is 9.89. The minimum Gasteiger partial charge on any atom is -0.483 e. The molecule has 2 fully saturated rings. The molecule has 0 saturated carbocycles. The van der Waals surface area contributed by atoms with Crippen molar-refractivity contribution in [1.29, 1.82) is 0 Å². The van der Waals surface area contributed by atoms with Gasteiger partial charge in [-0.2, -0.15) is 0 Å². The van der Waals surface area contributed by atoms with E-state index < -0.39 is 5.91 Å². The number of benzene rings is 1. The van der Waals surface area contributed by atoms with Gasteiger partial charge in [0.05, 0.1) is 5.56 Å². The van der Waals surface area contributed by atoms with Crippen LogP contribution in [-0.4, -0.2) is 70.4 Å². The van der Waals surface area contributed by atoms with E-state index in [1.165, 1.54) is 12.6 Å². The summed E-state index contributed by atoms with van der Waals surface area (Å²) in [5.41, 5.74) is 8.00. The molecule has 0 spiro atoms. The zero-order chi connectivity index (χ0) is 21.7. The number of amides is 2. The molecule has 0 unspecified atom stereocenters. The van der Waals surface area contributed by atoms with Crippen molar-refractivity contribution in [3.63, 3.8) is 0 Å². The van der Waals surface area contributed by atoms with E-state index in [0.29, 0.717) is 23.2 Å². The van der Waals surface area contributed by atoms with Crippen molar-refractivity contribution in [1.82, 2.24) is 14.8 Å². The number of nitrogens with two attached hydrogens (primary N) is 1. The number of carbonyl (C=O) groups excluding carboxylic acids is 2. The molecule has 2 bridgehead atoms. The average Bonchev–Trinajstić information content (AvgIpc) is 3.00. The fourth-order valence-corrected chi connectivity index (χ4v) is 4.24. The Hall–Kier alpha value is -3.26. The largest absolute Gasteiger partial charge is 0.483 e. The lowest BCUT2D eigenvalue weighted by Gasteiger charge is -2.26. The normalized spacial score (nSPS) is 20.6. The predicted molar refractivity (Wildman–Crippen MR) is 112 cm³/mol. The second kappa shape index (κ2) is 9.49. The Labute approximate surface area is 175 Å². The van der Waals surface area contributed by atoms with E-state index in [2.05, 4.69) is 16.9 Å². The van der Waals surface area contributed by atoms with Gasteiger partial charge in [-0.3, -0.25) is 24.3 Å². The number of hydrogen-bond donors (Lipinski definition) is 2. The van der Waals surface area contributed by atoms with Crippen molar-refractivity contribution in [2.45, 2.75) is 31.3 Å². The average molecular weight is 410 g/mol. The molecule has 0 aliphatic carbocycles. The van der Waals surface area contributed by atoms with Gasteiger partial charge >= 0.3 is 0 Å². The van der Waals surface area contributed by atoms with Gasteiger partial charge in [0.1, 0.15) is 0 Å². The number of rotatable bonds is 3. The Balaban J connectivity index is 0.000000806. The number of likely N-dealkylation sites (N-methyl/N-ethyl adjacent to an activating group) is 1. The van der Waals surface area contributed by atoms with Gasteiger partial charge in [0.25, 0.3) is 12.4 Å². The Morgan fingerprint density at radius 3 is 2.53 bits per heavy atom. The van der Waals surface area contributed by atoms with Gasteiger partial charge in [0, 0.05) is 48.7 Å². The molecule has 8 heteroatoms. The predicted octanol–water partition coefficient (Wildman–Crippen LogP) is 1.86. The summed E-state index contributed by atoms with van der Waals surface area (Å²) in [6, 6.07) is 10.3. The van der Waals surface area contributed by atoms with E-state index in [9.17, 15) is 9.59 Å².